The van der Waals surface area contributed by atoms with Gasteiger partial charge in [-0.3, -0.25) is 4.79 Å². The van der Waals surface area contributed by atoms with E-state index in [9.17, 15) is 4.79 Å². The molecule has 0 aliphatic rings. The molecule has 0 heterocycles. The standard InChI is InChI=1S/C9H18N2O/c1-4-9(12)11-8(6-10)5-7(2)3/h4,7-8H,1,5-6,10H2,2-3H3,(H,11,12). The second-order valence-corrected chi connectivity index (χ2v) is 3.27. The molecule has 0 rings (SSSR count). The van der Waals surface area contributed by atoms with Crippen LogP contribution in [0, 0.1) is 5.92 Å². The lowest BCUT2D eigenvalue weighted by Gasteiger charge is -2.17. The Bertz CT molecular complexity index is 155. The zero-order valence-electron chi connectivity index (χ0n) is 7.84. The number of hydrogen-bond donors (Lipinski definition) is 2. The van der Waals surface area contributed by atoms with Gasteiger partial charge in [0.05, 0.1) is 0 Å². The summed E-state index contributed by atoms with van der Waals surface area (Å²) in [5, 5.41) is 2.77. The summed E-state index contributed by atoms with van der Waals surface area (Å²) >= 11 is 0. The Kier molecular flexibility index (Phi) is 5.37. The monoisotopic (exact) mass is 170 g/mol. The predicted octanol–water partition coefficient (Wildman–Crippen LogP) is 0.662. The number of nitrogens with two attached hydrogens (primary N) is 1. The fourth-order valence-corrected chi connectivity index (χ4v) is 1.04. The maximum Gasteiger partial charge on any atom is 0.243 e. The van der Waals surface area contributed by atoms with E-state index in [4.69, 9.17) is 5.73 Å². The number of rotatable bonds is 5. The summed E-state index contributed by atoms with van der Waals surface area (Å²) in [6.07, 6.45) is 2.18. The van der Waals surface area contributed by atoms with E-state index in [-0.39, 0.29) is 11.9 Å². The highest BCUT2D eigenvalue weighted by atomic mass is 16.1. The molecular weight excluding hydrogens is 152 g/mol. The predicted molar refractivity (Wildman–Crippen MR) is 50.6 cm³/mol. The van der Waals surface area contributed by atoms with Gasteiger partial charge in [0.2, 0.25) is 5.91 Å². The quantitative estimate of drug-likeness (QED) is 0.596. The van der Waals surface area contributed by atoms with Crippen molar-refractivity contribution in [3.8, 4) is 0 Å². The summed E-state index contributed by atoms with van der Waals surface area (Å²) in [6, 6.07) is 0.0792. The summed E-state index contributed by atoms with van der Waals surface area (Å²) in [5.74, 6) is 0.398. The summed E-state index contributed by atoms with van der Waals surface area (Å²) in [6.45, 7) is 8.06. The maximum atomic E-state index is 10.9. The Morgan fingerprint density at radius 1 is 1.67 bits per heavy atom. The lowest BCUT2D eigenvalue weighted by Crippen LogP contribution is -2.40. The topological polar surface area (TPSA) is 55.1 Å². The number of carbonyl (C=O) groups is 1. The van der Waals surface area contributed by atoms with E-state index in [1.165, 1.54) is 6.08 Å². The van der Waals surface area contributed by atoms with Crippen molar-refractivity contribution in [2.45, 2.75) is 26.3 Å². The maximum absolute atomic E-state index is 10.9. The SMILES string of the molecule is C=CC(=O)NC(CN)CC(C)C. The summed E-state index contributed by atoms with van der Waals surface area (Å²) < 4.78 is 0. The van der Waals surface area contributed by atoms with Crippen LogP contribution in [0.5, 0.6) is 0 Å². The van der Waals surface area contributed by atoms with Crippen molar-refractivity contribution in [1.82, 2.24) is 5.32 Å². The Hall–Kier alpha value is -0.830. The van der Waals surface area contributed by atoms with E-state index >= 15 is 0 Å². The number of hydrogen-bond acceptors (Lipinski definition) is 2. The van der Waals surface area contributed by atoms with E-state index in [1.807, 2.05) is 0 Å². The van der Waals surface area contributed by atoms with E-state index in [0.29, 0.717) is 12.5 Å². The summed E-state index contributed by atoms with van der Waals surface area (Å²) in [5.41, 5.74) is 5.48. The van der Waals surface area contributed by atoms with Crippen molar-refractivity contribution >= 4 is 5.91 Å². The molecule has 3 N–H and O–H groups in total. The lowest BCUT2D eigenvalue weighted by atomic mass is 10.0. The van der Waals surface area contributed by atoms with Gasteiger partial charge in [0, 0.05) is 12.6 Å². The fraction of sp³-hybridized carbons (Fsp3) is 0.667. The van der Waals surface area contributed by atoms with E-state index in [1.54, 1.807) is 0 Å². The average Bonchev–Trinajstić information content (AvgIpc) is 2.02. The minimum absolute atomic E-state index is 0.0792. The highest BCUT2D eigenvalue weighted by Gasteiger charge is 2.09. The summed E-state index contributed by atoms with van der Waals surface area (Å²) in [4.78, 5) is 10.9. The molecule has 0 bridgehead atoms. The van der Waals surface area contributed by atoms with Crippen LogP contribution in [0.15, 0.2) is 12.7 Å². The summed E-state index contributed by atoms with van der Waals surface area (Å²) in [7, 11) is 0. The molecule has 12 heavy (non-hydrogen) atoms. The first-order chi connectivity index (χ1) is 5.60. The van der Waals surface area contributed by atoms with Crippen molar-refractivity contribution in [3.05, 3.63) is 12.7 Å². The molecule has 0 aliphatic heterocycles. The van der Waals surface area contributed by atoms with Crippen molar-refractivity contribution in [1.29, 1.82) is 0 Å². The molecule has 0 saturated heterocycles. The molecule has 0 aromatic heterocycles. The average molecular weight is 170 g/mol. The van der Waals surface area contributed by atoms with Crippen molar-refractivity contribution in [3.63, 3.8) is 0 Å². The highest BCUT2D eigenvalue weighted by molar-refractivity contribution is 5.87. The molecule has 1 amide bonds. The van der Waals surface area contributed by atoms with Crippen molar-refractivity contribution in [2.24, 2.45) is 11.7 Å². The van der Waals surface area contributed by atoms with Crippen molar-refractivity contribution < 1.29 is 4.79 Å². The largest absolute Gasteiger partial charge is 0.349 e. The molecule has 1 unspecified atom stereocenters. The first-order valence-electron chi connectivity index (χ1n) is 4.23. The van der Waals surface area contributed by atoms with Crippen LogP contribution in [-0.4, -0.2) is 18.5 Å². The first kappa shape index (κ1) is 11.2. The fourth-order valence-electron chi connectivity index (χ4n) is 1.04. The molecule has 0 aromatic carbocycles. The number of carbonyl (C=O) groups excluding carboxylic acids is 1. The lowest BCUT2D eigenvalue weighted by molar-refractivity contribution is -0.117. The molecule has 0 radical (unpaired) electrons. The van der Waals surface area contributed by atoms with Crippen LogP contribution in [0.25, 0.3) is 0 Å². The molecular formula is C9H18N2O. The third-order valence-corrected chi connectivity index (χ3v) is 1.57. The minimum Gasteiger partial charge on any atom is -0.349 e. The van der Waals surface area contributed by atoms with Crippen LogP contribution in [0.3, 0.4) is 0 Å². The molecule has 70 valence electrons. The zero-order chi connectivity index (χ0) is 9.56. The van der Waals surface area contributed by atoms with E-state index < -0.39 is 0 Å². The van der Waals surface area contributed by atoms with Gasteiger partial charge in [0.25, 0.3) is 0 Å². The van der Waals surface area contributed by atoms with Crippen LogP contribution < -0.4 is 11.1 Å². The van der Waals surface area contributed by atoms with Crippen LogP contribution in [0.2, 0.25) is 0 Å². The second kappa shape index (κ2) is 5.77. The molecule has 0 aliphatic carbocycles. The van der Waals surface area contributed by atoms with Gasteiger partial charge in [-0.05, 0) is 18.4 Å². The first-order valence-corrected chi connectivity index (χ1v) is 4.23. The van der Waals surface area contributed by atoms with E-state index in [2.05, 4.69) is 25.7 Å². The van der Waals surface area contributed by atoms with Gasteiger partial charge in [0.1, 0.15) is 0 Å². The Labute approximate surface area is 74.0 Å². The molecule has 0 saturated carbocycles. The van der Waals surface area contributed by atoms with Crippen LogP contribution >= 0.6 is 0 Å². The Balaban J connectivity index is 3.82. The smallest absolute Gasteiger partial charge is 0.243 e. The minimum atomic E-state index is -0.147. The van der Waals surface area contributed by atoms with Gasteiger partial charge >= 0.3 is 0 Å². The third kappa shape index (κ3) is 4.91. The molecule has 0 aromatic rings. The van der Waals surface area contributed by atoms with Crippen LogP contribution in [0.4, 0.5) is 0 Å². The van der Waals surface area contributed by atoms with Gasteiger partial charge in [-0.2, -0.15) is 0 Å². The van der Waals surface area contributed by atoms with Crippen LogP contribution in [0.1, 0.15) is 20.3 Å². The van der Waals surface area contributed by atoms with Gasteiger partial charge in [0.15, 0.2) is 0 Å². The van der Waals surface area contributed by atoms with Gasteiger partial charge in [-0.25, -0.2) is 0 Å². The molecule has 0 spiro atoms. The van der Waals surface area contributed by atoms with Gasteiger partial charge in [-0.1, -0.05) is 20.4 Å². The number of nitrogens with one attached hydrogen (secondary N) is 1. The molecule has 1 atom stereocenters. The molecule has 3 nitrogen and oxygen atoms in total. The normalized spacial score (nSPS) is 12.7. The van der Waals surface area contributed by atoms with Crippen molar-refractivity contribution in [2.75, 3.05) is 6.54 Å². The molecule has 3 heteroatoms. The molecule has 0 fully saturated rings. The highest BCUT2D eigenvalue weighted by Crippen LogP contribution is 2.03. The number of amides is 1. The van der Waals surface area contributed by atoms with E-state index in [0.717, 1.165) is 6.42 Å². The van der Waals surface area contributed by atoms with Crippen LogP contribution in [-0.2, 0) is 4.79 Å². The zero-order valence-corrected chi connectivity index (χ0v) is 7.84. The third-order valence-electron chi connectivity index (χ3n) is 1.57. The Morgan fingerprint density at radius 2 is 2.25 bits per heavy atom. The van der Waals surface area contributed by atoms with Gasteiger partial charge in [-0.15, -0.1) is 0 Å². The Morgan fingerprint density at radius 3 is 2.58 bits per heavy atom. The second-order valence-electron chi connectivity index (χ2n) is 3.27. The van der Waals surface area contributed by atoms with Gasteiger partial charge < -0.3 is 11.1 Å².